The summed E-state index contributed by atoms with van der Waals surface area (Å²) in [5.41, 5.74) is 7.52. The molecular weight excluding hydrogens is 218 g/mol. The number of ether oxygens (including phenoxy) is 1. The maximum Gasteiger partial charge on any atom is 0.332 e. The van der Waals surface area contributed by atoms with E-state index in [1.165, 1.54) is 6.21 Å². The summed E-state index contributed by atoms with van der Waals surface area (Å²) in [7, 11) is 0. The van der Waals surface area contributed by atoms with Crippen molar-refractivity contribution in [1.29, 1.82) is 0 Å². The molecule has 0 aliphatic rings. The summed E-state index contributed by atoms with van der Waals surface area (Å²) in [6.07, 6.45) is 1.49. The highest BCUT2D eigenvalue weighted by Gasteiger charge is 2.13. The highest BCUT2D eigenvalue weighted by molar-refractivity contribution is 5.84. The van der Waals surface area contributed by atoms with Gasteiger partial charge in [0, 0.05) is 5.56 Å². The number of para-hydroxylation sites is 1. The second-order valence-corrected chi connectivity index (χ2v) is 4.49. The van der Waals surface area contributed by atoms with Gasteiger partial charge in [-0.25, -0.2) is 10.2 Å². The molecule has 5 nitrogen and oxygen atoms in total. The number of urea groups is 1. The summed E-state index contributed by atoms with van der Waals surface area (Å²) in [6.45, 7) is 5.88. The first-order valence-electron chi connectivity index (χ1n) is 5.25. The average molecular weight is 235 g/mol. The quantitative estimate of drug-likeness (QED) is 0.619. The van der Waals surface area contributed by atoms with E-state index in [2.05, 4.69) is 10.5 Å². The molecule has 1 rings (SSSR count). The zero-order chi connectivity index (χ0) is 12.9. The Morgan fingerprint density at radius 2 is 2.06 bits per heavy atom. The van der Waals surface area contributed by atoms with E-state index in [1.54, 1.807) is 0 Å². The van der Waals surface area contributed by atoms with Crippen LogP contribution in [-0.2, 0) is 0 Å². The van der Waals surface area contributed by atoms with Gasteiger partial charge in [-0.2, -0.15) is 5.10 Å². The highest BCUT2D eigenvalue weighted by Crippen LogP contribution is 2.21. The van der Waals surface area contributed by atoms with Gasteiger partial charge in [0.2, 0.25) is 0 Å². The Kier molecular flexibility index (Phi) is 4.09. The van der Waals surface area contributed by atoms with Crippen molar-refractivity contribution >= 4 is 12.2 Å². The molecule has 0 aliphatic carbocycles. The van der Waals surface area contributed by atoms with E-state index in [0.717, 1.165) is 5.56 Å². The summed E-state index contributed by atoms with van der Waals surface area (Å²) in [5.74, 6) is 0.704. The number of nitrogens with one attached hydrogen (secondary N) is 1. The Balaban J connectivity index is 2.84. The van der Waals surface area contributed by atoms with Crippen LogP contribution in [0.3, 0.4) is 0 Å². The van der Waals surface area contributed by atoms with Gasteiger partial charge in [-0.1, -0.05) is 12.1 Å². The SMILES string of the molecule is CC(C)(C)Oc1ccccc1C=NNC(N)=O. The van der Waals surface area contributed by atoms with Crippen LogP contribution in [0, 0.1) is 0 Å². The van der Waals surface area contributed by atoms with Crippen LogP contribution in [0.15, 0.2) is 29.4 Å². The summed E-state index contributed by atoms with van der Waals surface area (Å²) < 4.78 is 5.76. The summed E-state index contributed by atoms with van der Waals surface area (Å²) >= 11 is 0. The van der Waals surface area contributed by atoms with Gasteiger partial charge in [0.1, 0.15) is 11.4 Å². The van der Waals surface area contributed by atoms with Gasteiger partial charge in [-0.3, -0.25) is 0 Å². The lowest BCUT2D eigenvalue weighted by Crippen LogP contribution is -2.25. The summed E-state index contributed by atoms with van der Waals surface area (Å²) in [5, 5.41) is 3.70. The number of hydrazone groups is 1. The molecule has 2 amide bonds. The topological polar surface area (TPSA) is 76.7 Å². The first-order valence-corrected chi connectivity index (χ1v) is 5.25. The van der Waals surface area contributed by atoms with Crippen LogP contribution in [0.5, 0.6) is 5.75 Å². The molecule has 0 radical (unpaired) electrons. The van der Waals surface area contributed by atoms with Gasteiger partial charge in [-0.15, -0.1) is 0 Å². The molecule has 1 aromatic carbocycles. The molecular formula is C12H17N3O2. The number of primary amides is 1. The zero-order valence-electron chi connectivity index (χ0n) is 10.2. The van der Waals surface area contributed by atoms with Crippen molar-refractivity contribution in [3.05, 3.63) is 29.8 Å². The molecule has 92 valence electrons. The Labute approximate surface area is 101 Å². The third-order valence-electron chi connectivity index (χ3n) is 1.71. The van der Waals surface area contributed by atoms with Crippen LogP contribution >= 0.6 is 0 Å². The Morgan fingerprint density at radius 3 is 2.65 bits per heavy atom. The second-order valence-electron chi connectivity index (χ2n) is 4.49. The molecule has 0 bridgehead atoms. The van der Waals surface area contributed by atoms with Crippen molar-refractivity contribution in [2.45, 2.75) is 26.4 Å². The van der Waals surface area contributed by atoms with E-state index in [4.69, 9.17) is 10.5 Å². The largest absolute Gasteiger partial charge is 0.487 e. The predicted molar refractivity (Wildman–Crippen MR) is 67.1 cm³/mol. The predicted octanol–water partition coefficient (Wildman–Crippen LogP) is 1.87. The molecule has 0 saturated carbocycles. The first-order chi connectivity index (χ1) is 7.88. The molecule has 0 saturated heterocycles. The van der Waals surface area contributed by atoms with Crippen molar-refractivity contribution in [3.63, 3.8) is 0 Å². The smallest absolute Gasteiger partial charge is 0.332 e. The Bertz CT molecular complexity index is 422. The van der Waals surface area contributed by atoms with E-state index in [0.29, 0.717) is 5.75 Å². The number of nitrogens with two attached hydrogens (primary N) is 1. The molecule has 17 heavy (non-hydrogen) atoms. The average Bonchev–Trinajstić information content (AvgIpc) is 2.17. The van der Waals surface area contributed by atoms with Gasteiger partial charge >= 0.3 is 6.03 Å². The molecule has 0 unspecified atom stereocenters. The maximum absolute atomic E-state index is 10.5. The van der Waals surface area contributed by atoms with Crippen molar-refractivity contribution in [3.8, 4) is 5.75 Å². The van der Waals surface area contributed by atoms with E-state index >= 15 is 0 Å². The molecule has 0 atom stereocenters. The minimum absolute atomic E-state index is 0.291. The molecule has 0 heterocycles. The molecule has 5 heteroatoms. The highest BCUT2D eigenvalue weighted by atomic mass is 16.5. The van der Waals surface area contributed by atoms with Crippen LogP contribution in [0.25, 0.3) is 0 Å². The Hall–Kier alpha value is -2.04. The fourth-order valence-electron chi connectivity index (χ4n) is 1.18. The molecule has 0 fully saturated rings. The number of nitrogens with zero attached hydrogens (tertiary/aromatic N) is 1. The molecule has 3 N–H and O–H groups in total. The lowest BCUT2D eigenvalue weighted by atomic mass is 10.1. The van der Waals surface area contributed by atoms with Gasteiger partial charge in [0.05, 0.1) is 6.21 Å². The normalized spacial score (nSPS) is 11.5. The van der Waals surface area contributed by atoms with Crippen LogP contribution in [0.1, 0.15) is 26.3 Å². The number of hydrogen-bond acceptors (Lipinski definition) is 3. The Morgan fingerprint density at radius 1 is 1.41 bits per heavy atom. The van der Waals surface area contributed by atoms with Gasteiger partial charge < -0.3 is 10.5 Å². The van der Waals surface area contributed by atoms with E-state index in [1.807, 2.05) is 45.0 Å². The number of carbonyl (C=O) groups is 1. The van der Waals surface area contributed by atoms with Crippen molar-refractivity contribution in [1.82, 2.24) is 5.43 Å². The first kappa shape index (κ1) is 13.0. The fraction of sp³-hybridized carbons (Fsp3) is 0.333. The summed E-state index contributed by atoms with van der Waals surface area (Å²) in [6, 6.07) is 6.72. The minimum atomic E-state index is -0.699. The molecule has 1 aromatic rings. The van der Waals surface area contributed by atoms with Crippen molar-refractivity contribution in [2.24, 2.45) is 10.8 Å². The number of amides is 2. The number of hydrogen-bond donors (Lipinski definition) is 2. The van der Waals surface area contributed by atoms with Gasteiger partial charge in [0.25, 0.3) is 0 Å². The number of rotatable bonds is 3. The fourth-order valence-corrected chi connectivity index (χ4v) is 1.18. The number of benzene rings is 1. The van der Waals surface area contributed by atoms with Gasteiger partial charge in [0.15, 0.2) is 0 Å². The number of carbonyl (C=O) groups excluding carboxylic acids is 1. The lowest BCUT2D eigenvalue weighted by molar-refractivity contribution is 0.130. The molecule has 0 spiro atoms. The monoisotopic (exact) mass is 235 g/mol. The maximum atomic E-state index is 10.5. The standard InChI is InChI=1S/C12H17N3O2/c1-12(2,3)17-10-7-5-4-6-9(10)8-14-15-11(13)16/h4-8H,1-3H3,(H3,13,15,16). The van der Waals surface area contributed by atoms with E-state index in [-0.39, 0.29) is 5.60 Å². The summed E-state index contributed by atoms with van der Waals surface area (Å²) in [4.78, 5) is 10.5. The molecule has 0 aliphatic heterocycles. The van der Waals surface area contributed by atoms with Crippen molar-refractivity contribution < 1.29 is 9.53 Å². The van der Waals surface area contributed by atoms with Crippen LogP contribution < -0.4 is 15.9 Å². The minimum Gasteiger partial charge on any atom is -0.487 e. The van der Waals surface area contributed by atoms with E-state index in [9.17, 15) is 4.79 Å². The molecule has 0 aromatic heterocycles. The van der Waals surface area contributed by atoms with Crippen LogP contribution in [-0.4, -0.2) is 17.8 Å². The van der Waals surface area contributed by atoms with E-state index < -0.39 is 6.03 Å². The zero-order valence-corrected chi connectivity index (χ0v) is 10.2. The lowest BCUT2D eigenvalue weighted by Gasteiger charge is -2.22. The second kappa shape index (κ2) is 5.34. The van der Waals surface area contributed by atoms with Crippen molar-refractivity contribution in [2.75, 3.05) is 0 Å². The van der Waals surface area contributed by atoms with Crippen LogP contribution in [0.4, 0.5) is 4.79 Å². The third-order valence-corrected chi connectivity index (χ3v) is 1.71. The van der Waals surface area contributed by atoms with Gasteiger partial charge in [-0.05, 0) is 32.9 Å². The third kappa shape index (κ3) is 5.01. The van der Waals surface area contributed by atoms with Crippen LogP contribution in [0.2, 0.25) is 0 Å².